The second-order valence-electron chi connectivity index (χ2n) is 6.17. The predicted molar refractivity (Wildman–Crippen MR) is 92.5 cm³/mol. The maximum absolute atomic E-state index is 12.3. The van der Waals surface area contributed by atoms with Crippen molar-refractivity contribution < 1.29 is 4.79 Å². The van der Waals surface area contributed by atoms with E-state index in [9.17, 15) is 4.79 Å². The summed E-state index contributed by atoms with van der Waals surface area (Å²) in [4.78, 5) is 13.9. The summed E-state index contributed by atoms with van der Waals surface area (Å²) >= 11 is 5.21. The van der Waals surface area contributed by atoms with Gasteiger partial charge in [-0.25, -0.2) is 0 Å². The van der Waals surface area contributed by atoms with Crippen molar-refractivity contribution in [2.45, 2.75) is 52.5 Å². The van der Waals surface area contributed by atoms with E-state index in [2.05, 4.69) is 29.8 Å². The first-order valence-electron chi connectivity index (χ1n) is 8.06. The highest BCUT2D eigenvalue weighted by Gasteiger charge is 2.29. The molecule has 1 aromatic rings. The van der Waals surface area contributed by atoms with Gasteiger partial charge >= 0.3 is 0 Å². The van der Waals surface area contributed by atoms with Crippen LogP contribution in [0.5, 0.6) is 0 Å². The summed E-state index contributed by atoms with van der Waals surface area (Å²) in [5.74, 6) is -0.0295. The molecule has 3 rings (SSSR count). The van der Waals surface area contributed by atoms with Gasteiger partial charge in [0.05, 0.1) is 0 Å². The monoisotopic (exact) mass is 317 g/mol. The van der Waals surface area contributed by atoms with Crippen molar-refractivity contribution in [2.75, 3.05) is 6.54 Å². The second kappa shape index (κ2) is 5.88. The van der Waals surface area contributed by atoms with Gasteiger partial charge in [0.15, 0.2) is 5.11 Å². The number of rotatable bonds is 3. The van der Waals surface area contributed by atoms with E-state index in [0.29, 0.717) is 23.4 Å². The van der Waals surface area contributed by atoms with E-state index in [4.69, 9.17) is 12.2 Å². The van der Waals surface area contributed by atoms with Gasteiger partial charge in [0.25, 0.3) is 5.91 Å². The molecule has 1 aromatic heterocycles. The lowest BCUT2D eigenvalue weighted by molar-refractivity contribution is -0.122. The molecule has 5 heteroatoms. The van der Waals surface area contributed by atoms with Crippen molar-refractivity contribution >= 4 is 29.3 Å². The van der Waals surface area contributed by atoms with E-state index in [0.717, 1.165) is 5.56 Å². The first-order chi connectivity index (χ1) is 10.5. The lowest BCUT2D eigenvalue weighted by atomic mass is 10.2. The quantitative estimate of drug-likeness (QED) is 0.686. The molecule has 1 saturated heterocycles. The Bertz CT molecular complexity index is 653. The molecule has 1 amide bonds. The van der Waals surface area contributed by atoms with Crippen LogP contribution in [0, 0.1) is 13.8 Å². The number of carbonyl (C=O) groups is 1. The first kappa shape index (κ1) is 15.3. The highest BCUT2D eigenvalue weighted by atomic mass is 32.1. The van der Waals surface area contributed by atoms with Crippen LogP contribution in [0.2, 0.25) is 0 Å². The summed E-state index contributed by atoms with van der Waals surface area (Å²) in [6.07, 6.45) is 7.10. The third-order valence-electron chi connectivity index (χ3n) is 4.79. The third-order valence-corrected chi connectivity index (χ3v) is 5.11. The molecule has 2 heterocycles. The van der Waals surface area contributed by atoms with Crippen LogP contribution in [0.15, 0.2) is 11.8 Å². The van der Waals surface area contributed by atoms with E-state index >= 15 is 0 Å². The number of nitrogens with one attached hydrogen (secondary N) is 1. The van der Waals surface area contributed by atoms with E-state index in [-0.39, 0.29) is 5.91 Å². The lowest BCUT2D eigenvalue weighted by Crippen LogP contribution is -2.30. The first-order valence-corrected chi connectivity index (χ1v) is 8.46. The third kappa shape index (κ3) is 2.47. The largest absolute Gasteiger partial charge is 0.346 e. The summed E-state index contributed by atoms with van der Waals surface area (Å²) < 4.78 is 2.44. The molecule has 2 fully saturated rings. The average molecular weight is 317 g/mol. The minimum atomic E-state index is -0.0295. The minimum absolute atomic E-state index is 0.0295. The number of nitrogens with zero attached hydrogens (tertiary/aromatic N) is 2. The molecule has 1 aliphatic heterocycles. The Kier molecular flexibility index (Phi) is 4.08. The summed E-state index contributed by atoms with van der Waals surface area (Å²) in [5.41, 5.74) is 4.21. The zero-order chi connectivity index (χ0) is 15.9. The highest BCUT2D eigenvalue weighted by Crippen LogP contribution is 2.34. The Hall–Kier alpha value is -1.62. The molecule has 0 spiro atoms. The van der Waals surface area contributed by atoms with Gasteiger partial charge in [0, 0.05) is 24.0 Å². The SMILES string of the molecule is CCN1C(=O)/C(=C/c2cc(C)n(C3CCCC3)c2C)NC1=S. The fourth-order valence-corrected chi connectivity index (χ4v) is 4.01. The fraction of sp³-hybridized carbons (Fsp3) is 0.529. The molecular weight excluding hydrogens is 294 g/mol. The lowest BCUT2D eigenvalue weighted by Gasteiger charge is -2.17. The topological polar surface area (TPSA) is 37.3 Å². The van der Waals surface area contributed by atoms with Crippen LogP contribution in [-0.2, 0) is 4.79 Å². The number of hydrogen-bond donors (Lipinski definition) is 1. The number of hydrogen-bond acceptors (Lipinski definition) is 2. The molecule has 4 nitrogen and oxygen atoms in total. The zero-order valence-electron chi connectivity index (χ0n) is 13.5. The molecule has 0 unspecified atom stereocenters. The molecule has 0 atom stereocenters. The Labute approximate surface area is 137 Å². The molecule has 118 valence electrons. The summed E-state index contributed by atoms with van der Waals surface area (Å²) in [5, 5.41) is 3.54. The van der Waals surface area contributed by atoms with Crippen LogP contribution in [0.25, 0.3) is 6.08 Å². The van der Waals surface area contributed by atoms with E-state index in [1.165, 1.54) is 37.1 Å². The number of amides is 1. The maximum Gasteiger partial charge on any atom is 0.276 e. The Morgan fingerprint density at radius 1 is 1.36 bits per heavy atom. The highest BCUT2D eigenvalue weighted by molar-refractivity contribution is 7.80. The average Bonchev–Trinajstić information content (AvgIpc) is 3.13. The molecule has 1 N–H and O–H groups in total. The summed E-state index contributed by atoms with van der Waals surface area (Å²) in [7, 11) is 0. The molecule has 1 saturated carbocycles. The molecule has 1 aliphatic carbocycles. The van der Waals surface area contributed by atoms with Crippen LogP contribution in [0.1, 0.15) is 55.6 Å². The van der Waals surface area contributed by atoms with E-state index in [1.54, 1.807) is 4.90 Å². The van der Waals surface area contributed by atoms with E-state index in [1.807, 2.05) is 13.0 Å². The zero-order valence-corrected chi connectivity index (χ0v) is 14.3. The molecule has 0 radical (unpaired) electrons. The van der Waals surface area contributed by atoms with Crippen LogP contribution in [0.3, 0.4) is 0 Å². The van der Waals surface area contributed by atoms with Crippen molar-refractivity contribution in [1.82, 2.24) is 14.8 Å². The Morgan fingerprint density at radius 2 is 2.05 bits per heavy atom. The van der Waals surface area contributed by atoms with E-state index < -0.39 is 0 Å². The normalized spacial score (nSPS) is 21.2. The van der Waals surface area contributed by atoms with Gasteiger partial charge in [0.2, 0.25) is 0 Å². The molecule has 22 heavy (non-hydrogen) atoms. The van der Waals surface area contributed by atoms with Gasteiger partial charge in [-0.2, -0.15) is 0 Å². The number of likely N-dealkylation sites (N-methyl/N-ethyl adjacent to an activating group) is 1. The van der Waals surface area contributed by atoms with Crippen molar-refractivity contribution in [3.05, 3.63) is 28.7 Å². The number of aryl methyl sites for hydroxylation is 1. The van der Waals surface area contributed by atoms with Gasteiger partial charge in [-0.1, -0.05) is 12.8 Å². The van der Waals surface area contributed by atoms with Crippen molar-refractivity contribution in [1.29, 1.82) is 0 Å². The predicted octanol–water partition coefficient (Wildman–Crippen LogP) is 3.30. The van der Waals surface area contributed by atoms with Crippen molar-refractivity contribution in [3.63, 3.8) is 0 Å². The molecule has 0 aromatic carbocycles. The van der Waals surface area contributed by atoms with Gasteiger partial charge in [-0.15, -0.1) is 0 Å². The number of aromatic nitrogens is 1. The summed E-state index contributed by atoms with van der Waals surface area (Å²) in [6.45, 7) is 6.83. The van der Waals surface area contributed by atoms with Gasteiger partial charge < -0.3 is 9.88 Å². The van der Waals surface area contributed by atoms with Crippen LogP contribution in [-0.4, -0.2) is 27.0 Å². The van der Waals surface area contributed by atoms with Crippen molar-refractivity contribution in [3.8, 4) is 0 Å². The van der Waals surface area contributed by atoms with Gasteiger partial charge in [0.1, 0.15) is 5.70 Å². The van der Waals surface area contributed by atoms with Crippen LogP contribution >= 0.6 is 12.2 Å². The smallest absolute Gasteiger partial charge is 0.276 e. The fourth-order valence-electron chi connectivity index (χ4n) is 3.69. The Balaban J connectivity index is 1.93. The van der Waals surface area contributed by atoms with Crippen LogP contribution in [0.4, 0.5) is 0 Å². The van der Waals surface area contributed by atoms with Crippen molar-refractivity contribution in [2.24, 2.45) is 0 Å². The molecular formula is C17H23N3OS. The second-order valence-corrected chi connectivity index (χ2v) is 6.56. The summed E-state index contributed by atoms with van der Waals surface area (Å²) in [6, 6.07) is 2.79. The maximum atomic E-state index is 12.3. The number of thiocarbonyl (C=S) groups is 1. The molecule has 2 aliphatic rings. The van der Waals surface area contributed by atoms with Crippen LogP contribution < -0.4 is 5.32 Å². The standard InChI is InChI=1S/C17H23N3OS/c1-4-19-16(21)15(18-17(19)22)10-13-9-11(2)20(12(13)3)14-7-5-6-8-14/h9-10,14H,4-8H2,1-3H3,(H,18,22)/b15-10-. The Morgan fingerprint density at radius 3 is 2.64 bits per heavy atom. The molecule has 0 bridgehead atoms. The minimum Gasteiger partial charge on any atom is -0.346 e. The van der Waals surface area contributed by atoms with Gasteiger partial charge in [-0.05, 0) is 63.5 Å². The number of carbonyl (C=O) groups excluding carboxylic acids is 1. The van der Waals surface area contributed by atoms with Gasteiger partial charge in [-0.3, -0.25) is 9.69 Å².